The largest absolute Gasteiger partial charge is 0.378 e. The van der Waals surface area contributed by atoms with Gasteiger partial charge in [0.25, 0.3) is 0 Å². The predicted molar refractivity (Wildman–Crippen MR) is 75.4 cm³/mol. The highest BCUT2D eigenvalue weighted by atomic mass is 35.5. The molecule has 104 valence electrons. The molecular weight excluding hydrogens is 264 g/mol. The van der Waals surface area contributed by atoms with Crippen LogP contribution in [0.3, 0.4) is 0 Å². The number of benzene rings is 1. The molecule has 0 aromatic heterocycles. The maximum Gasteiger partial charge on any atom is 0.221 e. The van der Waals surface area contributed by atoms with Gasteiger partial charge in [0.15, 0.2) is 0 Å². The molecule has 1 aromatic carbocycles. The highest BCUT2D eigenvalue weighted by molar-refractivity contribution is 6.30. The SMILES string of the molecule is O=C(CC1COCCN1)NCCc1ccc(Cl)cc1. The van der Waals surface area contributed by atoms with Gasteiger partial charge in [0.2, 0.25) is 5.91 Å². The van der Waals surface area contributed by atoms with Crippen molar-refractivity contribution in [1.82, 2.24) is 10.6 Å². The summed E-state index contributed by atoms with van der Waals surface area (Å²) in [6.07, 6.45) is 1.29. The van der Waals surface area contributed by atoms with E-state index in [1.165, 1.54) is 5.56 Å². The number of hydrogen-bond donors (Lipinski definition) is 2. The van der Waals surface area contributed by atoms with E-state index in [-0.39, 0.29) is 11.9 Å². The van der Waals surface area contributed by atoms with Crippen molar-refractivity contribution in [2.75, 3.05) is 26.3 Å². The highest BCUT2D eigenvalue weighted by Gasteiger charge is 2.16. The summed E-state index contributed by atoms with van der Waals surface area (Å²) >= 11 is 5.82. The third-order valence-corrected chi connectivity index (χ3v) is 3.33. The van der Waals surface area contributed by atoms with E-state index in [1.807, 2.05) is 24.3 Å². The Morgan fingerprint density at radius 1 is 1.42 bits per heavy atom. The number of carbonyl (C=O) groups excluding carboxylic acids is 1. The summed E-state index contributed by atoms with van der Waals surface area (Å²) in [5, 5.41) is 6.92. The van der Waals surface area contributed by atoms with Gasteiger partial charge < -0.3 is 15.4 Å². The summed E-state index contributed by atoms with van der Waals surface area (Å²) in [4.78, 5) is 11.7. The molecule has 1 heterocycles. The number of carbonyl (C=O) groups is 1. The van der Waals surface area contributed by atoms with Gasteiger partial charge >= 0.3 is 0 Å². The van der Waals surface area contributed by atoms with Crippen molar-refractivity contribution in [2.24, 2.45) is 0 Å². The lowest BCUT2D eigenvalue weighted by Gasteiger charge is -2.23. The molecular formula is C14H19ClN2O2. The summed E-state index contributed by atoms with van der Waals surface area (Å²) in [6, 6.07) is 7.82. The van der Waals surface area contributed by atoms with Crippen LogP contribution < -0.4 is 10.6 Å². The average molecular weight is 283 g/mol. The van der Waals surface area contributed by atoms with Crippen LogP contribution in [0.1, 0.15) is 12.0 Å². The van der Waals surface area contributed by atoms with Crippen molar-refractivity contribution in [3.63, 3.8) is 0 Å². The Labute approximate surface area is 118 Å². The standard InChI is InChI=1S/C14H19ClN2O2/c15-12-3-1-11(2-4-12)5-6-17-14(18)9-13-10-19-8-7-16-13/h1-4,13,16H,5-10H2,(H,17,18). The molecule has 1 fully saturated rings. The molecule has 1 amide bonds. The molecule has 1 aliphatic heterocycles. The molecule has 0 bridgehead atoms. The number of morpholine rings is 1. The first kappa shape index (κ1) is 14.3. The summed E-state index contributed by atoms with van der Waals surface area (Å²) in [5.41, 5.74) is 1.17. The predicted octanol–water partition coefficient (Wildman–Crippen LogP) is 1.38. The lowest BCUT2D eigenvalue weighted by atomic mass is 10.1. The van der Waals surface area contributed by atoms with Crippen LogP contribution in [0.25, 0.3) is 0 Å². The van der Waals surface area contributed by atoms with Crippen LogP contribution in [0.2, 0.25) is 5.02 Å². The van der Waals surface area contributed by atoms with Crippen LogP contribution in [0.5, 0.6) is 0 Å². The van der Waals surface area contributed by atoms with Gasteiger partial charge in [-0.1, -0.05) is 23.7 Å². The van der Waals surface area contributed by atoms with Crippen LogP contribution in [0, 0.1) is 0 Å². The number of halogens is 1. The lowest BCUT2D eigenvalue weighted by molar-refractivity contribution is -0.122. The Balaban J connectivity index is 1.64. The van der Waals surface area contributed by atoms with Crippen LogP contribution in [-0.4, -0.2) is 38.3 Å². The molecule has 5 heteroatoms. The first-order chi connectivity index (χ1) is 9.24. The Morgan fingerprint density at radius 3 is 2.89 bits per heavy atom. The topological polar surface area (TPSA) is 50.4 Å². The fraction of sp³-hybridized carbons (Fsp3) is 0.500. The summed E-state index contributed by atoms with van der Waals surface area (Å²) in [7, 11) is 0. The van der Waals surface area contributed by atoms with Gasteiger partial charge in [-0.15, -0.1) is 0 Å². The normalized spacial score (nSPS) is 19.1. The molecule has 1 unspecified atom stereocenters. The van der Waals surface area contributed by atoms with E-state index >= 15 is 0 Å². The highest BCUT2D eigenvalue weighted by Crippen LogP contribution is 2.09. The minimum Gasteiger partial charge on any atom is -0.378 e. The first-order valence-corrected chi connectivity index (χ1v) is 6.94. The van der Waals surface area contributed by atoms with Gasteiger partial charge in [-0.05, 0) is 24.1 Å². The lowest BCUT2D eigenvalue weighted by Crippen LogP contribution is -2.44. The van der Waals surface area contributed by atoms with Gasteiger partial charge in [-0.3, -0.25) is 4.79 Å². The minimum atomic E-state index is 0.0666. The zero-order chi connectivity index (χ0) is 13.5. The first-order valence-electron chi connectivity index (χ1n) is 6.56. The van der Waals surface area contributed by atoms with Gasteiger partial charge in [-0.25, -0.2) is 0 Å². The molecule has 1 saturated heterocycles. The van der Waals surface area contributed by atoms with Crippen molar-refractivity contribution in [3.05, 3.63) is 34.9 Å². The fourth-order valence-corrected chi connectivity index (χ4v) is 2.17. The second-order valence-corrected chi connectivity index (χ2v) is 5.09. The van der Waals surface area contributed by atoms with Crippen LogP contribution in [0.15, 0.2) is 24.3 Å². The second-order valence-electron chi connectivity index (χ2n) is 4.66. The zero-order valence-electron chi connectivity index (χ0n) is 10.8. The van der Waals surface area contributed by atoms with Crippen molar-refractivity contribution >= 4 is 17.5 Å². The van der Waals surface area contributed by atoms with Crippen molar-refractivity contribution in [3.8, 4) is 0 Å². The number of ether oxygens (including phenoxy) is 1. The van der Waals surface area contributed by atoms with Crippen LogP contribution in [-0.2, 0) is 16.0 Å². The van der Waals surface area contributed by atoms with Crippen LogP contribution >= 0.6 is 11.6 Å². The molecule has 1 aromatic rings. The number of nitrogens with one attached hydrogen (secondary N) is 2. The Kier molecular flexibility index (Phi) is 5.63. The molecule has 0 radical (unpaired) electrons. The van der Waals surface area contributed by atoms with Gasteiger partial charge in [0.1, 0.15) is 0 Å². The average Bonchev–Trinajstić information content (AvgIpc) is 2.42. The molecule has 1 atom stereocenters. The van der Waals surface area contributed by atoms with Crippen molar-refractivity contribution in [1.29, 1.82) is 0 Å². The minimum absolute atomic E-state index is 0.0666. The Morgan fingerprint density at radius 2 is 2.21 bits per heavy atom. The fourth-order valence-electron chi connectivity index (χ4n) is 2.04. The maximum absolute atomic E-state index is 11.7. The molecule has 0 saturated carbocycles. The Bertz CT molecular complexity index is 402. The van der Waals surface area contributed by atoms with Gasteiger partial charge in [-0.2, -0.15) is 0 Å². The van der Waals surface area contributed by atoms with E-state index in [2.05, 4.69) is 10.6 Å². The maximum atomic E-state index is 11.7. The molecule has 2 rings (SSSR count). The van der Waals surface area contributed by atoms with Gasteiger partial charge in [0, 0.05) is 30.6 Å². The number of rotatable bonds is 5. The van der Waals surface area contributed by atoms with Crippen molar-refractivity contribution < 1.29 is 9.53 Å². The zero-order valence-corrected chi connectivity index (χ0v) is 11.6. The molecule has 4 nitrogen and oxygen atoms in total. The molecule has 0 spiro atoms. The number of amides is 1. The Hall–Kier alpha value is -1.10. The van der Waals surface area contributed by atoms with Gasteiger partial charge in [0.05, 0.1) is 13.2 Å². The van der Waals surface area contributed by atoms with E-state index in [1.54, 1.807) is 0 Å². The number of hydrogen-bond acceptors (Lipinski definition) is 3. The third kappa shape index (κ3) is 5.19. The molecule has 2 N–H and O–H groups in total. The smallest absolute Gasteiger partial charge is 0.221 e. The molecule has 0 aliphatic carbocycles. The quantitative estimate of drug-likeness (QED) is 0.858. The third-order valence-electron chi connectivity index (χ3n) is 3.08. The van der Waals surface area contributed by atoms with E-state index in [4.69, 9.17) is 16.3 Å². The van der Waals surface area contributed by atoms with E-state index < -0.39 is 0 Å². The monoisotopic (exact) mass is 282 g/mol. The molecule has 1 aliphatic rings. The molecule has 19 heavy (non-hydrogen) atoms. The second kappa shape index (κ2) is 7.48. The van der Waals surface area contributed by atoms with Crippen molar-refractivity contribution in [2.45, 2.75) is 18.9 Å². The summed E-state index contributed by atoms with van der Waals surface area (Å²) in [5.74, 6) is 0.0666. The summed E-state index contributed by atoms with van der Waals surface area (Å²) < 4.78 is 5.31. The van der Waals surface area contributed by atoms with Crippen LogP contribution in [0.4, 0.5) is 0 Å². The van der Waals surface area contributed by atoms with E-state index in [9.17, 15) is 4.79 Å². The van der Waals surface area contributed by atoms with E-state index in [0.717, 1.165) is 24.6 Å². The van der Waals surface area contributed by atoms with E-state index in [0.29, 0.717) is 19.6 Å². The summed E-state index contributed by atoms with van der Waals surface area (Å²) in [6.45, 7) is 2.82.